The standard InChI is InChI=1S/C14H15ClN2O3S/c1-9-7-10(8-11(16)14(9)15)21(18,19)17-12-5-3-4-6-13(12)20-2/h3-8,17H,16H2,1-2H3. The number of halogens is 1. The zero-order valence-electron chi connectivity index (χ0n) is 11.6. The first-order chi connectivity index (χ1) is 9.85. The van der Waals surface area contributed by atoms with Gasteiger partial charge in [-0.1, -0.05) is 23.7 Å². The number of sulfonamides is 1. The fourth-order valence-electron chi connectivity index (χ4n) is 1.85. The van der Waals surface area contributed by atoms with Crippen molar-refractivity contribution in [2.45, 2.75) is 11.8 Å². The van der Waals surface area contributed by atoms with Crippen LogP contribution in [0.5, 0.6) is 5.75 Å². The summed E-state index contributed by atoms with van der Waals surface area (Å²) in [6.07, 6.45) is 0. The lowest BCUT2D eigenvalue weighted by molar-refractivity contribution is 0.417. The monoisotopic (exact) mass is 326 g/mol. The Morgan fingerprint density at radius 2 is 1.90 bits per heavy atom. The van der Waals surface area contributed by atoms with E-state index in [0.717, 1.165) is 0 Å². The maximum Gasteiger partial charge on any atom is 0.262 e. The summed E-state index contributed by atoms with van der Waals surface area (Å²) in [5.41, 5.74) is 6.89. The zero-order valence-corrected chi connectivity index (χ0v) is 13.1. The average molecular weight is 327 g/mol. The Morgan fingerprint density at radius 1 is 1.24 bits per heavy atom. The van der Waals surface area contributed by atoms with Crippen LogP contribution in [0.25, 0.3) is 0 Å². The first-order valence-electron chi connectivity index (χ1n) is 6.06. The molecular formula is C14H15ClN2O3S. The number of ether oxygens (including phenoxy) is 1. The van der Waals surface area contributed by atoms with Crippen LogP contribution in [0.1, 0.15) is 5.56 Å². The summed E-state index contributed by atoms with van der Waals surface area (Å²) >= 11 is 5.95. The van der Waals surface area contributed by atoms with Crippen molar-refractivity contribution in [1.82, 2.24) is 0 Å². The second-order valence-corrected chi connectivity index (χ2v) is 6.51. The number of nitrogens with one attached hydrogen (secondary N) is 1. The van der Waals surface area contributed by atoms with Crippen molar-refractivity contribution in [2.75, 3.05) is 17.6 Å². The molecule has 2 aromatic carbocycles. The van der Waals surface area contributed by atoms with Crippen LogP contribution in [0.3, 0.4) is 0 Å². The highest BCUT2D eigenvalue weighted by molar-refractivity contribution is 7.92. The molecule has 0 radical (unpaired) electrons. The van der Waals surface area contributed by atoms with Crippen LogP contribution in [0, 0.1) is 6.92 Å². The lowest BCUT2D eigenvalue weighted by atomic mass is 10.2. The van der Waals surface area contributed by atoms with Gasteiger partial charge in [0.25, 0.3) is 10.0 Å². The van der Waals surface area contributed by atoms with E-state index < -0.39 is 10.0 Å². The molecule has 112 valence electrons. The fraction of sp³-hybridized carbons (Fsp3) is 0.143. The number of hydrogen-bond donors (Lipinski definition) is 2. The van der Waals surface area contributed by atoms with Gasteiger partial charge in [-0.2, -0.15) is 0 Å². The Labute approximate surface area is 128 Å². The molecule has 0 aliphatic rings. The number of para-hydroxylation sites is 2. The average Bonchev–Trinajstić information content (AvgIpc) is 2.44. The van der Waals surface area contributed by atoms with Gasteiger partial charge in [0.15, 0.2) is 0 Å². The molecule has 0 fully saturated rings. The van der Waals surface area contributed by atoms with Crippen molar-refractivity contribution >= 4 is 33.0 Å². The topological polar surface area (TPSA) is 81.4 Å². The van der Waals surface area contributed by atoms with Crippen LogP contribution >= 0.6 is 11.6 Å². The second-order valence-electron chi connectivity index (χ2n) is 4.45. The third-order valence-corrected chi connectivity index (χ3v) is 4.78. The predicted molar refractivity (Wildman–Crippen MR) is 84.4 cm³/mol. The molecule has 0 atom stereocenters. The molecule has 21 heavy (non-hydrogen) atoms. The Balaban J connectivity index is 2.44. The minimum absolute atomic E-state index is 0.0489. The van der Waals surface area contributed by atoms with Crippen molar-refractivity contribution in [3.63, 3.8) is 0 Å². The second kappa shape index (κ2) is 5.83. The minimum atomic E-state index is -3.78. The molecule has 0 saturated heterocycles. The number of nitrogen functional groups attached to an aromatic ring is 1. The van der Waals surface area contributed by atoms with Crippen molar-refractivity contribution in [3.05, 3.63) is 47.0 Å². The van der Waals surface area contributed by atoms with Gasteiger partial charge in [-0.05, 0) is 36.8 Å². The van der Waals surface area contributed by atoms with Gasteiger partial charge in [0.05, 0.1) is 28.4 Å². The van der Waals surface area contributed by atoms with E-state index in [1.165, 1.54) is 19.2 Å². The maximum absolute atomic E-state index is 12.4. The van der Waals surface area contributed by atoms with Crippen molar-refractivity contribution in [2.24, 2.45) is 0 Å². The van der Waals surface area contributed by atoms with Crippen LogP contribution in [-0.2, 0) is 10.0 Å². The van der Waals surface area contributed by atoms with Gasteiger partial charge in [0, 0.05) is 0 Å². The van der Waals surface area contributed by atoms with Gasteiger partial charge < -0.3 is 10.5 Å². The lowest BCUT2D eigenvalue weighted by Crippen LogP contribution is -2.14. The summed E-state index contributed by atoms with van der Waals surface area (Å²) < 4.78 is 32.4. The highest BCUT2D eigenvalue weighted by Gasteiger charge is 2.18. The van der Waals surface area contributed by atoms with Gasteiger partial charge in [-0.15, -0.1) is 0 Å². The summed E-state index contributed by atoms with van der Waals surface area (Å²) in [4.78, 5) is 0.0489. The quantitative estimate of drug-likeness (QED) is 0.846. The van der Waals surface area contributed by atoms with Gasteiger partial charge in [-0.3, -0.25) is 4.72 Å². The van der Waals surface area contributed by atoms with E-state index in [2.05, 4.69) is 4.72 Å². The van der Waals surface area contributed by atoms with E-state index in [1.807, 2.05) is 0 Å². The summed E-state index contributed by atoms with van der Waals surface area (Å²) in [5, 5.41) is 0.353. The molecule has 0 aromatic heterocycles. The summed E-state index contributed by atoms with van der Waals surface area (Å²) in [6, 6.07) is 9.54. The van der Waals surface area contributed by atoms with Gasteiger partial charge >= 0.3 is 0 Å². The Hall–Kier alpha value is -1.92. The fourth-order valence-corrected chi connectivity index (χ4v) is 3.15. The van der Waals surface area contributed by atoms with Gasteiger partial charge in [-0.25, -0.2) is 8.42 Å². The molecule has 2 aromatic rings. The molecule has 0 saturated carbocycles. The van der Waals surface area contributed by atoms with E-state index in [4.69, 9.17) is 22.1 Å². The first-order valence-corrected chi connectivity index (χ1v) is 7.92. The number of anilines is 2. The number of rotatable bonds is 4. The number of hydrogen-bond acceptors (Lipinski definition) is 4. The van der Waals surface area contributed by atoms with Crippen LogP contribution in [0.2, 0.25) is 5.02 Å². The maximum atomic E-state index is 12.4. The van der Waals surface area contributed by atoms with Gasteiger partial charge in [0.1, 0.15) is 5.75 Å². The summed E-state index contributed by atoms with van der Waals surface area (Å²) in [7, 11) is -2.31. The summed E-state index contributed by atoms with van der Waals surface area (Å²) in [5.74, 6) is 0.430. The molecule has 3 N–H and O–H groups in total. The molecule has 0 aliphatic carbocycles. The van der Waals surface area contributed by atoms with Crippen molar-refractivity contribution in [1.29, 1.82) is 0 Å². The van der Waals surface area contributed by atoms with E-state index in [9.17, 15) is 8.42 Å². The van der Waals surface area contributed by atoms with Crippen LogP contribution in [0.4, 0.5) is 11.4 Å². The van der Waals surface area contributed by atoms with E-state index in [1.54, 1.807) is 31.2 Å². The highest BCUT2D eigenvalue weighted by Crippen LogP contribution is 2.30. The third kappa shape index (κ3) is 3.22. The highest BCUT2D eigenvalue weighted by atomic mass is 35.5. The van der Waals surface area contributed by atoms with Crippen LogP contribution in [0.15, 0.2) is 41.3 Å². The minimum Gasteiger partial charge on any atom is -0.495 e. The number of aryl methyl sites for hydroxylation is 1. The molecule has 0 unspecified atom stereocenters. The normalized spacial score (nSPS) is 11.2. The van der Waals surface area contributed by atoms with Crippen molar-refractivity contribution in [3.8, 4) is 5.75 Å². The Bertz CT molecular complexity index is 753. The smallest absolute Gasteiger partial charge is 0.262 e. The SMILES string of the molecule is COc1ccccc1NS(=O)(=O)c1cc(C)c(Cl)c(N)c1. The molecule has 0 amide bonds. The molecule has 7 heteroatoms. The van der Waals surface area contributed by atoms with Crippen LogP contribution < -0.4 is 15.2 Å². The molecule has 5 nitrogen and oxygen atoms in total. The predicted octanol–water partition coefficient (Wildman–Crippen LogP) is 3.04. The van der Waals surface area contributed by atoms with Crippen molar-refractivity contribution < 1.29 is 13.2 Å². The molecule has 0 bridgehead atoms. The molecule has 2 rings (SSSR count). The molecule has 0 heterocycles. The van der Waals surface area contributed by atoms with Gasteiger partial charge in [0.2, 0.25) is 0 Å². The molecule has 0 aliphatic heterocycles. The van der Waals surface area contributed by atoms with E-state index in [0.29, 0.717) is 22.0 Å². The third-order valence-electron chi connectivity index (χ3n) is 2.92. The molecule has 0 spiro atoms. The number of nitrogens with two attached hydrogens (primary N) is 1. The lowest BCUT2D eigenvalue weighted by Gasteiger charge is -2.13. The Morgan fingerprint density at radius 3 is 2.52 bits per heavy atom. The summed E-state index contributed by atoms with van der Waals surface area (Å²) in [6.45, 7) is 1.70. The number of benzene rings is 2. The van der Waals surface area contributed by atoms with E-state index in [-0.39, 0.29) is 10.6 Å². The van der Waals surface area contributed by atoms with E-state index >= 15 is 0 Å². The largest absolute Gasteiger partial charge is 0.495 e. The first kappa shape index (κ1) is 15.5. The molecular weight excluding hydrogens is 312 g/mol. The zero-order chi connectivity index (χ0) is 15.6. The number of methoxy groups -OCH3 is 1. The Kier molecular flexibility index (Phi) is 4.29. The van der Waals surface area contributed by atoms with Crippen LogP contribution in [-0.4, -0.2) is 15.5 Å².